The molecule has 0 aliphatic carbocycles. The Balaban J connectivity index is 2.16. The smallest absolute Gasteiger partial charge is 0.255 e. The molecule has 0 fully saturated rings. The summed E-state index contributed by atoms with van der Waals surface area (Å²) in [5.41, 5.74) is 7.32. The van der Waals surface area contributed by atoms with Crippen LogP contribution in [0, 0.1) is 0 Å². The van der Waals surface area contributed by atoms with Gasteiger partial charge in [0.2, 0.25) is 0 Å². The van der Waals surface area contributed by atoms with Crippen LogP contribution in [-0.4, -0.2) is 5.91 Å². The number of carbonyl (C=O) groups excluding carboxylic acids is 1. The Morgan fingerprint density at radius 1 is 1.12 bits per heavy atom. The number of nitrogens with one attached hydrogen (secondary N) is 1. The molecule has 3 nitrogen and oxygen atoms in total. The molecule has 86 valence electrons. The number of benzene rings is 2. The molecule has 0 bridgehead atoms. The maximum absolute atomic E-state index is 11.8. The second-order valence-electron chi connectivity index (χ2n) is 3.56. The highest BCUT2D eigenvalue weighted by Crippen LogP contribution is 2.22. The summed E-state index contributed by atoms with van der Waals surface area (Å²) in [6.45, 7) is 0. The average Bonchev–Trinajstić information content (AvgIpc) is 2.35. The van der Waals surface area contributed by atoms with Gasteiger partial charge in [0.05, 0.1) is 10.7 Å². The standard InChI is InChI=1S/C13H11ClN2O/c14-11-7-6-10(8-12(11)15)16-13(17)9-4-2-1-3-5-9/h1-8H,15H2,(H,16,17). The first-order valence-electron chi connectivity index (χ1n) is 5.08. The Morgan fingerprint density at radius 3 is 2.47 bits per heavy atom. The molecule has 4 heteroatoms. The van der Waals surface area contributed by atoms with Gasteiger partial charge in [0.25, 0.3) is 5.91 Å². The molecule has 0 aliphatic heterocycles. The SMILES string of the molecule is Nc1cc(NC(=O)c2ccccc2)ccc1Cl. The number of amides is 1. The lowest BCUT2D eigenvalue weighted by Crippen LogP contribution is -2.11. The Bertz CT molecular complexity index is 540. The van der Waals surface area contributed by atoms with Crippen molar-refractivity contribution in [1.82, 2.24) is 0 Å². The second kappa shape index (κ2) is 4.89. The monoisotopic (exact) mass is 246 g/mol. The fourth-order valence-corrected chi connectivity index (χ4v) is 1.53. The highest BCUT2D eigenvalue weighted by atomic mass is 35.5. The van der Waals surface area contributed by atoms with Crippen molar-refractivity contribution in [3.05, 3.63) is 59.1 Å². The lowest BCUT2D eigenvalue weighted by molar-refractivity contribution is 0.102. The lowest BCUT2D eigenvalue weighted by atomic mass is 10.2. The summed E-state index contributed by atoms with van der Waals surface area (Å²) in [5, 5.41) is 3.22. The third kappa shape index (κ3) is 2.77. The minimum atomic E-state index is -0.174. The van der Waals surface area contributed by atoms with Crippen molar-refractivity contribution in [2.75, 3.05) is 11.1 Å². The third-order valence-corrected chi connectivity index (χ3v) is 2.63. The van der Waals surface area contributed by atoms with E-state index >= 15 is 0 Å². The first kappa shape index (κ1) is 11.5. The quantitative estimate of drug-likeness (QED) is 0.800. The molecule has 2 aromatic rings. The summed E-state index contributed by atoms with van der Waals surface area (Å²) in [4.78, 5) is 11.8. The zero-order valence-corrected chi connectivity index (χ0v) is 9.74. The lowest BCUT2D eigenvalue weighted by Gasteiger charge is -2.06. The van der Waals surface area contributed by atoms with Gasteiger partial charge in [0, 0.05) is 11.3 Å². The van der Waals surface area contributed by atoms with Gasteiger partial charge in [0.15, 0.2) is 0 Å². The van der Waals surface area contributed by atoms with Gasteiger partial charge in [-0.25, -0.2) is 0 Å². The van der Waals surface area contributed by atoms with Crippen LogP contribution in [0.3, 0.4) is 0 Å². The van der Waals surface area contributed by atoms with E-state index < -0.39 is 0 Å². The van der Waals surface area contributed by atoms with E-state index in [0.29, 0.717) is 22.0 Å². The number of nitrogens with two attached hydrogens (primary N) is 1. The van der Waals surface area contributed by atoms with Gasteiger partial charge in [-0.05, 0) is 30.3 Å². The summed E-state index contributed by atoms with van der Waals surface area (Å²) < 4.78 is 0. The van der Waals surface area contributed by atoms with E-state index in [1.807, 2.05) is 18.2 Å². The highest BCUT2D eigenvalue weighted by Gasteiger charge is 2.05. The molecule has 0 atom stereocenters. The van der Waals surface area contributed by atoms with E-state index in [-0.39, 0.29) is 5.91 Å². The molecule has 1 amide bonds. The van der Waals surface area contributed by atoms with Crippen molar-refractivity contribution in [3.8, 4) is 0 Å². The molecule has 0 aromatic heterocycles. The maximum Gasteiger partial charge on any atom is 0.255 e. The Kier molecular flexibility index (Phi) is 3.30. The van der Waals surface area contributed by atoms with Crippen LogP contribution in [0.25, 0.3) is 0 Å². The molecule has 0 saturated heterocycles. The van der Waals surface area contributed by atoms with E-state index in [4.69, 9.17) is 17.3 Å². The number of hydrogen-bond donors (Lipinski definition) is 2. The van der Waals surface area contributed by atoms with E-state index in [9.17, 15) is 4.79 Å². The van der Waals surface area contributed by atoms with Crippen molar-refractivity contribution >= 4 is 28.9 Å². The van der Waals surface area contributed by atoms with Crippen LogP contribution in [0.5, 0.6) is 0 Å². The molecular weight excluding hydrogens is 236 g/mol. The summed E-state index contributed by atoms with van der Waals surface area (Å²) in [7, 11) is 0. The average molecular weight is 247 g/mol. The van der Waals surface area contributed by atoms with E-state index in [2.05, 4.69) is 5.32 Å². The van der Waals surface area contributed by atoms with Crippen LogP contribution in [0.15, 0.2) is 48.5 Å². The molecule has 3 N–H and O–H groups in total. The first-order valence-corrected chi connectivity index (χ1v) is 5.46. The number of nitrogen functional groups attached to an aromatic ring is 1. The van der Waals surface area contributed by atoms with Gasteiger partial charge >= 0.3 is 0 Å². The summed E-state index contributed by atoms with van der Waals surface area (Å²) in [5.74, 6) is -0.174. The van der Waals surface area contributed by atoms with Crippen LogP contribution >= 0.6 is 11.6 Å². The predicted octanol–water partition coefficient (Wildman–Crippen LogP) is 3.17. The van der Waals surface area contributed by atoms with Crippen LogP contribution in [-0.2, 0) is 0 Å². The number of anilines is 2. The van der Waals surface area contributed by atoms with E-state index in [1.165, 1.54) is 0 Å². The van der Waals surface area contributed by atoms with Crippen molar-refractivity contribution < 1.29 is 4.79 Å². The van der Waals surface area contributed by atoms with Crippen LogP contribution in [0.4, 0.5) is 11.4 Å². The fourth-order valence-electron chi connectivity index (χ4n) is 1.41. The topological polar surface area (TPSA) is 55.1 Å². The van der Waals surface area contributed by atoms with Gasteiger partial charge in [0.1, 0.15) is 0 Å². The van der Waals surface area contributed by atoms with Crippen molar-refractivity contribution in [2.45, 2.75) is 0 Å². The Morgan fingerprint density at radius 2 is 1.82 bits per heavy atom. The fraction of sp³-hybridized carbons (Fsp3) is 0. The van der Waals surface area contributed by atoms with Gasteiger partial charge in [-0.3, -0.25) is 4.79 Å². The molecule has 0 radical (unpaired) electrons. The number of halogens is 1. The second-order valence-corrected chi connectivity index (χ2v) is 3.96. The number of rotatable bonds is 2. The largest absolute Gasteiger partial charge is 0.397 e. The Labute approximate surface area is 104 Å². The molecule has 0 aliphatic rings. The van der Waals surface area contributed by atoms with Crippen molar-refractivity contribution in [2.24, 2.45) is 0 Å². The molecule has 0 saturated carbocycles. The summed E-state index contributed by atoms with van der Waals surface area (Å²) in [6.07, 6.45) is 0. The molecule has 0 spiro atoms. The van der Waals surface area contributed by atoms with Gasteiger partial charge in [-0.2, -0.15) is 0 Å². The highest BCUT2D eigenvalue weighted by molar-refractivity contribution is 6.33. The van der Waals surface area contributed by atoms with E-state index in [0.717, 1.165) is 0 Å². The third-order valence-electron chi connectivity index (χ3n) is 2.29. The first-order chi connectivity index (χ1) is 8.16. The van der Waals surface area contributed by atoms with Crippen LogP contribution < -0.4 is 11.1 Å². The van der Waals surface area contributed by atoms with Crippen LogP contribution in [0.1, 0.15) is 10.4 Å². The van der Waals surface area contributed by atoms with Gasteiger partial charge in [-0.15, -0.1) is 0 Å². The number of carbonyl (C=O) groups is 1. The van der Waals surface area contributed by atoms with E-state index in [1.54, 1.807) is 30.3 Å². The maximum atomic E-state index is 11.8. The zero-order valence-electron chi connectivity index (χ0n) is 8.98. The summed E-state index contributed by atoms with van der Waals surface area (Å²) in [6, 6.07) is 14.0. The van der Waals surface area contributed by atoms with Gasteiger partial charge < -0.3 is 11.1 Å². The summed E-state index contributed by atoms with van der Waals surface area (Å²) >= 11 is 5.80. The van der Waals surface area contributed by atoms with Crippen molar-refractivity contribution in [3.63, 3.8) is 0 Å². The molecule has 2 rings (SSSR count). The predicted molar refractivity (Wildman–Crippen MR) is 70.3 cm³/mol. The molecule has 2 aromatic carbocycles. The molecule has 0 unspecified atom stereocenters. The molecular formula is C13H11ClN2O. The Hall–Kier alpha value is -2.00. The molecule has 0 heterocycles. The minimum Gasteiger partial charge on any atom is -0.397 e. The van der Waals surface area contributed by atoms with Gasteiger partial charge in [-0.1, -0.05) is 29.8 Å². The number of hydrogen-bond acceptors (Lipinski definition) is 2. The minimum absolute atomic E-state index is 0.174. The van der Waals surface area contributed by atoms with Crippen molar-refractivity contribution in [1.29, 1.82) is 0 Å². The zero-order chi connectivity index (χ0) is 12.3. The normalized spacial score (nSPS) is 9.94. The molecule has 17 heavy (non-hydrogen) atoms. The van der Waals surface area contributed by atoms with Crippen LogP contribution in [0.2, 0.25) is 5.02 Å².